The van der Waals surface area contributed by atoms with Crippen molar-refractivity contribution in [3.8, 4) is 11.5 Å². The van der Waals surface area contributed by atoms with Gasteiger partial charge in [0.1, 0.15) is 0 Å². The van der Waals surface area contributed by atoms with E-state index in [-0.39, 0.29) is 17.9 Å². The fourth-order valence-electron chi connectivity index (χ4n) is 4.20. The number of ether oxygens (including phenoxy) is 2. The van der Waals surface area contributed by atoms with E-state index in [9.17, 15) is 4.79 Å². The average molecular weight is 446 g/mol. The standard InChI is InChI=1S/C24H25Cl2NO3/c1-29-22-7-6-16(12-23(22)30-21-4-2-3-5-21)18-11-17(24(28)27-14-18)8-15-9-19(25)13-20(26)10-15/h6-10,12-13,18,21H,2-5,11,14H2,1H3,(H,27,28)/t18-/m1/s1. The number of hydrogen-bond donors (Lipinski definition) is 1. The van der Waals surface area contributed by atoms with Gasteiger partial charge in [0, 0.05) is 28.1 Å². The first-order chi connectivity index (χ1) is 14.5. The van der Waals surface area contributed by atoms with Gasteiger partial charge in [-0.05, 0) is 79.6 Å². The summed E-state index contributed by atoms with van der Waals surface area (Å²) >= 11 is 12.2. The lowest BCUT2D eigenvalue weighted by Crippen LogP contribution is -2.35. The van der Waals surface area contributed by atoms with Gasteiger partial charge in [0.25, 0.3) is 0 Å². The zero-order valence-electron chi connectivity index (χ0n) is 16.9. The molecule has 1 N–H and O–H groups in total. The minimum Gasteiger partial charge on any atom is -0.493 e. The second kappa shape index (κ2) is 9.32. The largest absolute Gasteiger partial charge is 0.493 e. The maximum atomic E-state index is 12.5. The second-order valence-corrected chi connectivity index (χ2v) is 8.79. The summed E-state index contributed by atoms with van der Waals surface area (Å²) in [6.07, 6.45) is 7.34. The summed E-state index contributed by atoms with van der Waals surface area (Å²) in [7, 11) is 1.66. The monoisotopic (exact) mass is 445 g/mol. The third-order valence-corrected chi connectivity index (χ3v) is 6.18. The van der Waals surface area contributed by atoms with Gasteiger partial charge < -0.3 is 14.8 Å². The van der Waals surface area contributed by atoms with Crippen LogP contribution in [0.5, 0.6) is 11.5 Å². The Bertz CT molecular complexity index is 947. The van der Waals surface area contributed by atoms with Crippen molar-refractivity contribution >= 4 is 35.2 Å². The minimum atomic E-state index is -0.0571. The normalized spacial score (nSPS) is 21.0. The van der Waals surface area contributed by atoms with Crippen LogP contribution in [-0.2, 0) is 4.79 Å². The van der Waals surface area contributed by atoms with Crippen molar-refractivity contribution in [3.05, 3.63) is 63.1 Å². The maximum absolute atomic E-state index is 12.5. The molecule has 1 saturated heterocycles. The summed E-state index contributed by atoms with van der Waals surface area (Å²) in [4.78, 5) is 12.5. The molecule has 0 aromatic heterocycles. The van der Waals surface area contributed by atoms with Crippen molar-refractivity contribution in [1.29, 1.82) is 0 Å². The molecule has 4 rings (SSSR count). The third kappa shape index (κ3) is 4.93. The summed E-state index contributed by atoms with van der Waals surface area (Å²) < 4.78 is 11.7. The van der Waals surface area contributed by atoms with Gasteiger partial charge in [-0.2, -0.15) is 0 Å². The van der Waals surface area contributed by atoms with E-state index in [1.807, 2.05) is 12.1 Å². The number of amides is 1. The molecule has 30 heavy (non-hydrogen) atoms. The molecule has 1 amide bonds. The number of piperidine rings is 1. The number of benzene rings is 2. The summed E-state index contributed by atoms with van der Waals surface area (Å²) in [5, 5.41) is 4.10. The quantitative estimate of drug-likeness (QED) is 0.573. The highest BCUT2D eigenvalue weighted by Crippen LogP contribution is 2.37. The highest BCUT2D eigenvalue weighted by atomic mass is 35.5. The van der Waals surface area contributed by atoms with Crippen molar-refractivity contribution < 1.29 is 14.3 Å². The highest BCUT2D eigenvalue weighted by Gasteiger charge is 2.26. The second-order valence-electron chi connectivity index (χ2n) is 7.92. The lowest BCUT2D eigenvalue weighted by Gasteiger charge is -2.26. The number of carbonyl (C=O) groups is 1. The van der Waals surface area contributed by atoms with Crippen LogP contribution in [0.4, 0.5) is 0 Å². The van der Waals surface area contributed by atoms with Crippen LogP contribution in [0, 0.1) is 0 Å². The zero-order chi connectivity index (χ0) is 21.1. The summed E-state index contributed by atoms with van der Waals surface area (Å²) in [5.41, 5.74) is 2.65. The van der Waals surface area contributed by atoms with Gasteiger partial charge in [-0.25, -0.2) is 0 Å². The molecular weight excluding hydrogens is 421 g/mol. The number of nitrogens with one attached hydrogen (secondary N) is 1. The Morgan fingerprint density at radius 2 is 1.77 bits per heavy atom. The molecule has 1 aliphatic heterocycles. The van der Waals surface area contributed by atoms with E-state index in [1.54, 1.807) is 25.3 Å². The smallest absolute Gasteiger partial charge is 0.247 e. The molecule has 2 fully saturated rings. The molecular formula is C24H25Cl2NO3. The van der Waals surface area contributed by atoms with E-state index in [0.717, 1.165) is 35.5 Å². The molecule has 158 valence electrons. The fraction of sp³-hybridized carbons (Fsp3) is 0.375. The Labute approximate surface area is 187 Å². The molecule has 1 atom stereocenters. The Morgan fingerprint density at radius 1 is 1.03 bits per heavy atom. The van der Waals surface area contributed by atoms with E-state index in [0.29, 0.717) is 28.6 Å². The van der Waals surface area contributed by atoms with Crippen LogP contribution in [0.15, 0.2) is 42.0 Å². The molecule has 0 spiro atoms. The van der Waals surface area contributed by atoms with Gasteiger partial charge in [-0.3, -0.25) is 4.79 Å². The number of hydrogen-bond acceptors (Lipinski definition) is 3. The SMILES string of the molecule is COc1ccc([C@H]2CNC(=O)C(=Cc3cc(Cl)cc(Cl)c3)C2)cc1OC1CCCC1. The highest BCUT2D eigenvalue weighted by molar-refractivity contribution is 6.34. The summed E-state index contributed by atoms with van der Waals surface area (Å²) in [5.74, 6) is 1.62. The number of carbonyl (C=O) groups excluding carboxylic acids is 1. The van der Waals surface area contributed by atoms with Crippen molar-refractivity contribution in [1.82, 2.24) is 5.32 Å². The molecule has 2 aromatic carbocycles. The minimum absolute atomic E-state index is 0.0571. The van der Waals surface area contributed by atoms with Gasteiger partial charge in [-0.15, -0.1) is 0 Å². The first kappa shape index (κ1) is 21.1. The lowest BCUT2D eigenvalue weighted by atomic mass is 9.87. The van der Waals surface area contributed by atoms with Crippen LogP contribution < -0.4 is 14.8 Å². The Kier molecular flexibility index (Phi) is 6.55. The molecule has 6 heteroatoms. The molecule has 2 aromatic rings. The first-order valence-electron chi connectivity index (χ1n) is 10.3. The number of methoxy groups -OCH3 is 1. The predicted molar refractivity (Wildman–Crippen MR) is 121 cm³/mol. The summed E-state index contributed by atoms with van der Waals surface area (Å²) in [6, 6.07) is 11.4. The van der Waals surface area contributed by atoms with Gasteiger partial charge in [0.05, 0.1) is 13.2 Å². The Morgan fingerprint density at radius 3 is 2.47 bits per heavy atom. The Hall–Kier alpha value is -2.17. The first-order valence-corrected chi connectivity index (χ1v) is 11.1. The molecule has 0 bridgehead atoms. The van der Waals surface area contributed by atoms with Crippen LogP contribution in [0.1, 0.15) is 49.1 Å². The molecule has 2 aliphatic rings. The average Bonchev–Trinajstić information content (AvgIpc) is 3.22. The molecule has 1 heterocycles. The van der Waals surface area contributed by atoms with Crippen molar-refractivity contribution in [2.75, 3.05) is 13.7 Å². The van der Waals surface area contributed by atoms with E-state index in [1.165, 1.54) is 12.8 Å². The fourth-order valence-corrected chi connectivity index (χ4v) is 4.75. The van der Waals surface area contributed by atoms with E-state index in [2.05, 4.69) is 17.4 Å². The van der Waals surface area contributed by atoms with Crippen LogP contribution in [0.2, 0.25) is 10.0 Å². The van der Waals surface area contributed by atoms with Crippen molar-refractivity contribution in [3.63, 3.8) is 0 Å². The molecule has 1 saturated carbocycles. The number of halogens is 2. The van der Waals surface area contributed by atoms with Crippen molar-refractivity contribution in [2.24, 2.45) is 0 Å². The molecule has 0 radical (unpaired) electrons. The van der Waals surface area contributed by atoms with Crippen LogP contribution in [0.3, 0.4) is 0 Å². The van der Waals surface area contributed by atoms with Gasteiger partial charge in [0.2, 0.25) is 5.91 Å². The number of rotatable bonds is 5. The summed E-state index contributed by atoms with van der Waals surface area (Å²) in [6.45, 7) is 0.585. The van der Waals surface area contributed by atoms with Crippen LogP contribution in [0.25, 0.3) is 6.08 Å². The van der Waals surface area contributed by atoms with Crippen LogP contribution >= 0.6 is 23.2 Å². The van der Waals surface area contributed by atoms with E-state index >= 15 is 0 Å². The van der Waals surface area contributed by atoms with Gasteiger partial charge >= 0.3 is 0 Å². The molecule has 1 aliphatic carbocycles. The molecule has 0 unspecified atom stereocenters. The Balaban J connectivity index is 1.57. The van der Waals surface area contributed by atoms with Gasteiger partial charge in [0.15, 0.2) is 11.5 Å². The van der Waals surface area contributed by atoms with Gasteiger partial charge in [-0.1, -0.05) is 29.3 Å². The topological polar surface area (TPSA) is 47.6 Å². The van der Waals surface area contributed by atoms with Crippen molar-refractivity contribution in [2.45, 2.75) is 44.1 Å². The van der Waals surface area contributed by atoms with Crippen LogP contribution in [-0.4, -0.2) is 25.7 Å². The zero-order valence-corrected chi connectivity index (χ0v) is 18.4. The predicted octanol–water partition coefficient (Wildman–Crippen LogP) is 6.01. The van der Waals surface area contributed by atoms with E-state index in [4.69, 9.17) is 32.7 Å². The molecule has 4 nitrogen and oxygen atoms in total. The maximum Gasteiger partial charge on any atom is 0.247 e. The van der Waals surface area contributed by atoms with E-state index < -0.39 is 0 Å². The lowest BCUT2D eigenvalue weighted by molar-refractivity contribution is -0.118. The third-order valence-electron chi connectivity index (χ3n) is 5.75.